The Hall–Kier alpha value is -1.28. The molecule has 30 heavy (non-hydrogen) atoms. The summed E-state index contributed by atoms with van der Waals surface area (Å²) < 4.78 is 0. The highest BCUT2D eigenvalue weighted by molar-refractivity contribution is 5.82. The number of H-pyrrole nitrogens is 1. The predicted molar refractivity (Wildman–Crippen MR) is 134 cm³/mol. The minimum absolute atomic E-state index is 1.04. The monoisotopic (exact) mass is 412 g/mol. The molecule has 2 rings (SSSR count). The minimum atomic E-state index is 1.04. The number of nitrogens with one attached hydrogen (secondary N) is 1. The van der Waals surface area contributed by atoms with Crippen molar-refractivity contribution in [2.45, 2.75) is 116 Å². The average Bonchev–Trinajstić information content (AvgIpc) is 3.16. The molecule has 0 spiro atoms. The molecule has 0 aliphatic rings. The number of para-hydroxylation sites is 1. The third kappa shape index (κ3) is 10.7. The molecule has 0 unspecified atom stereocenters. The van der Waals surface area contributed by atoms with Crippen molar-refractivity contribution in [2.75, 3.05) is 13.6 Å². The summed E-state index contributed by atoms with van der Waals surface area (Å²) in [5.41, 5.74) is 2.67. The molecule has 0 amide bonds. The van der Waals surface area contributed by atoms with Crippen LogP contribution in [0.3, 0.4) is 0 Å². The van der Waals surface area contributed by atoms with Gasteiger partial charge in [0.05, 0.1) is 0 Å². The van der Waals surface area contributed by atoms with Gasteiger partial charge in [0, 0.05) is 23.6 Å². The Morgan fingerprint density at radius 2 is 1.17 bits per heavy atom. The Morgan fingerprint density at radius 3 is 1.73 bits per heavy atom. The first-order valence-electron chi connectivity index (χ1n) is 13.0. The van der Waals surface area contributed by atoms with Crippen molar-refractivity contribution in [2.24, 2.45) is 0 Å². The maximum Gasteiger partial charge on any atom is 0.0457 e. The molecule has 0 radical (unpaired) electrons. The van der Waals surface area contributed by atoms with Crippen molar-refractivity contribution in [3.8, 4) is 0 Å². The topological polar surface area (TPSA) is 19.0 Å². The number of aromatic nitrogens is 1. The quantitative estimate of drug-likeness (QED) is 0.228. The van der Waals surface area contributed by atoms with Crippen molar-refractivity contribution in [3.05, 3.63) is 36.0 Å². The van der Waals surface area contributed by atoms with Gasteiger partial charge in [-0.1, -0.05) is 121 Å². The molecule has 2 heteroatoms. The van der Waals surface area contributed by atoms with Gasteiger partial charge in [-0.3, -0.25) is 0 Å². The molecular weight excluding hydrogens is 364 g/mol. The van der Waals surface area contributed by atoms with Gasteiger partial charge in [0.15, 0.2) is 0 Å². The summed E-state index contributed by atoms with van der Waals surface area (Å²) >= 11 is 0. The van der Waals surface area contributed by atoms with Crippen LogP contribution in [0.1, 0.15) is 115 Å². The SMILES string of the molecule is CCCCCCCCCCCCCCCCCCN(C)Cc1c[nH]c2ccccc12. The van der Waals surface area contributed by atoms with Crippen molar-refractivity contribution in [3.63, 3.8) is 0 Å². The zero-order valence-electron chi connectivity index (χ0n) is 20.1. The van der Waals surface area contributed by atoms with Crippen molar-refractivity contribution in [1.82, 2.24) is 9.88 Å². The maximum absolute atomic E-state index is 3.39. The predicted octanol–water partition coefficient (Wildman–Crippen LogP) is 8.86. The summed E-state index contributed by atoms with van der Waals surface area (Å²) in [4.78, 5) is 5.86. The molecule has 0 aliphatic carbocycles. The Labute approximate surface area is 186 Å². The Balaban J connectivity index is 1.35. The van der Waals surface area contributed by atoms with Crippen LogP contribution in [0, 0.1) is 0 Å². The lowest BCUT2D eigenvalue weighted by Gasteiger charge is -2.16. The van der Waals surface area contributed by atoms with E-state index in [1.54, 1.807) is 0 Å². The van der Waals surface area contributed by atoms with Gasteiger partial charge in [-0.05, 0) is 31.6 Å². The molecule has 0 fully saturated rings. The van der Waals surface area contributed by atoms with E-state index >= 15 is 0 Å². The molecule has 170 valence electrons. The number of rotatable bonds is 19. The van der Waals surface area contributed by atoms with E-state index in [4.69, 9.17) is 0 Å². The molecule has 2 aromatic rings. The molecule has 0 bridgehead atoms. The fourth-order valence-corrected chi connectivity index (χ4v) is 4.56. The van der Waals surface area contributed by atoms with Crippen molar-refractivity contribution >= 4 is 10.9 Å². The second-order valence-electron chi connectivity index (χ2n) is 9.40. The van der Waals surface area contributed by atoms with Crippen molar-refractivity contribution < 1.29 is 0 Å². The van der Waals surface area contributed by atoms with Crippen LogP contribution < -0.4 is 0 Å². The molecule has 0 saturated carbocycles. The Kier molecular flexibility index (Phi) is 13.7. The zero-order chi connectivity index (χ0) is 21.3. The third-order valence-electron chi connectivity index (χ3n) is 6.51. The van der Waals surface area contributed by atoms with Crippen LogP contribution in [0.5, 0.6) is 0 Å². The van der Waals surface area contributed by atoms with Crippen molar-refractivity contribution in [1.29, 1.82) is 0 Å². The molecule has 0 saturated heterocycles. The van der Waals surface area contributed by atoms with Gasteiger partial charge in [0.1, 0.15) is 0 Å². The van der Waals surface area contributed by atoms with Crippen LogP contribution >= 0.6 is 0 Å². The highest BCUT2D eigenvalue weighted by atomic mass is 15.1. The van der Waals surface area contributed by atoms with Crippen LogP contribution in [0.25, 0.3) is 10.9 Å². The van der Waals surface area contributed by atoms with Crippen LogP contribution in [0.15, 0.2) is 30.5 Å². The van der Waals surface area contributed by atoms with Crippen LogP contribution in [0.4, 0.5) is 0 Å². The molecule has 2 nitrogen and oxygen atoms in total. The summed E-state index contributed by atoms with van der Waals surface area (Å²) in [5, 5.41) is 1.37. The van der Waals surface area contributed by atoms with Gasteiger partial charge < -0.3 is 9.88 Å². The van der Waals surface area contributed by atoms with Crippen LogP contribution in [-0.4, -0.2) is 23.5 Å². The lowest BCUT2D eigenvalue weighted by molar-refractivity contribution is 0.317. The zero-order valence-corrected chi connectivity index (χ0v) is 20.1. The Bertz CT molecular complexity index is 645. The lowest BCUT2D eigenvalue weighted by Crippen LogP contribution is -2.18. The second-order valence-corrected chi connectivity index (χ2v) is 9.40. The minimum Gasteiger partial charge on any atom is -0.361 e. The van der Waals surface area contributed by atoms with Gasteiger partial charge in [-0.2, -0.15) is 0 Å². The highest BCUT2D eigenvalue weighted by Crippen LogP contribution is 2.19. The fraction of sp³-hybridized carbons (Fsp3) is 0.714. The van der Waals surface area contributed by atoms with Crippen LogP contribution in [-0.2, 0) is 6.54 Å². The van der Waals surface area contributed by atoms with E-state index in [-0.39, 0.29) is 0 Å². The van der Waals surface area contributed by atoms with Gasteiger partial charge in [-0.25, -0.2) is 0 Å². The molecular formula is C28H48N2. The first-order valence-corrected chi connectivity index (χ1v) is 13.0. The smallest absolute Gasteiger partial charge is 0.0457 e. The van der Waals surface area contributed by atoms with E-state index < -0.39 is 0 Å². The summed E-state index contributed by atoms with van der Waals surface area (Å²) in [6.45, 7) is 4.55. The summed E-state index contributed by atoms with van der Waals surface area (Å²) in [6.07, 6.45) is 25.2. The van der Waals surface area contributed by atoms with Gasteiger partial charge in [0.25, 0.3) is 0 Å². The van der Waals surface area contributed by atoms with Gasteiger partial charge in [0.2, 0.25) is 0 Å². The molecule has 1 aromatic carbocycles. The lowest BCUT2D eigenvalue weighted by atomic mass is 10.0. The number of unbranched alkanes of at least 4 members (excludes halogenated alkanes) is 15. The first kappa shape index (κ1) is 25.0. The largest absolute Gasteiger partial charge is 0.361 e. The van der Waals surface area contributed by atoms with E-state index in [1.165, 1.54) is 126 Å². The van der Waals surface area contributed by atoms with E-state index in [0.717, 1.165) is 6.54 Å². The number of hydrogen-bond donors (Lipinski definition) is 1. The number of aromatic amines is 1. The molecule has 0 aliphatic heterocycles. The molecule has 1 heterocycles. The van der Waals surface area contributed by atoms with Gasteiger partial charge in [-0.15, -0.1) is 0 Å². The fourth-order valence-electron chi connectivity index (χ4n) is 4.56. The van der Waals surface area contributed by atoms with Gasteiger partial charge >= 0.3 is 0 Å². The van der Waals surface area contributed by atoms with Crippen LogP contribution in [0.2, 0.25) is 0 Å². The van der Waals surface area contributed by atoms with E-state index in [9.17, 15) is 0 Å². The summed E-state index contributed by atoms with van der Waals surface area (Å²) in [7, 11) is 2.26. The van der Waals surface area contributed by atoms with E-state index in [1.807, 2.05) is 0 Å². The van der Waals surface area contributed by atoms with E-state index in [2.05, 4.69) is 54.3 Å². The molecule has 1 aromatic heterocycles. The standard InChI is InChI=1S/C28H48N2/c1-3-4-5-6-7-8-9-10-11-12-13-14-15-16-17-20-23-30(2)25-26-24-29-28-22-19-18-21-27(26)28/h18-19,21-22,24,29H,3-17,20,23,25H2,1-2H3. The summed E-state index contributed by atoms with van der Waals surface area (Å²) in [6, 6.07) is 8.62. The second kappa shape index (κ2) is 16.4. The molecule has 1 N–H and O–H groups in total. The maximum atomic E-state index is 3.39. The third-order valence-corrected chi connectivity index (χ3v) is 6.51. The van der Waals surface area contributed by atoms with E-state index in [0.29, 0.717) is 0 Å². The average molecular weight is 413 g/mol. The number of nitrogens with zero attached hydrogens (tertiary/aromatic N) is 1. The highest BCUT2D eigenvalue weighted by Gasteiger charge is 2.06. The first-order chi connectivity index (χ1) is 14.8. The molecule has 0 atom stereocenters. The Morgan fingerprint density at radius 1 is 0.667 bits per heavy atom. The normalized spacial score (nSPS) is 11.7. The number of fused-ring (bicyclic) bond motifs is 1. The number of hydrogen-bond acceptors (Lipinski definition) is 1. The summed E-state index contributed by atoms with van der Waals surface area (Å²) in [5.74, 6) is 0. The number of benzene rings is 1.